The molecule has 2 unspecified atom stereocenters. The van der Waals surface area contributed by atoms with E-state index in [-0.39, 0.29) is 11.5 Å². The summed E-state index contributed by atoms with van der Waals surface area (Å²) in [6.07, 6.45) is 16.5. The van der Waals surface area contributed by atoms with E-state index in [1.165, 1.54) is 50.5 Å². The van der Waals surface area contributed by atoms with Crippen molar-refractivity contribution in [2.24, 2.45) is 46.3 Å². The Kier molecular flexibility index (Phi) is 6.80. The lowest BCUT2D eigenvalue weighted by atomic mass is 9.43. The monoisotopic (exact) mass is 442 g/mol. The van der Waals surface area contributed by atoms with E-state index in [9.17, 15) is 10.2 Å². The SMILES string of the molecule is C=CCC1(O)C=C2CC(O)CC[C@]2(C)[C@H]2CC[C@]3(C)[C@@H]([C@H](C)CCCC(C)C)CC[C@H]3[C@@H]21. The van der Waals surface area contributed by atoms with Crippen molar-refractivity contribution in [3.63, 3.8) is 0 Å². The van der Waals surface area contributed by atoms with Crippen LogP contribution in [0.1, 0.15) is 105 Å². The molecule has 0 radical (unpaired) electrons. The van der Waals surface area contributed by atoms with Gasteiger partial charge in [0, 0.05) is 0 Å². The minimum Gasteiger partial charge on any atom is -0.393 e. The molecule has 182 valence electrons. The molecule has 0 aliphatic heterocycles. The summed E-state index contributed by atoms with van der Waals surface area (Å²) in [5.74, 6) is 3.84. The fourth-order valence-corrected chi connectivity index (χ4v) is 9.26. The van der Waals surface area contributed by atoms with E-state index in [2.05, 4.69) is 47.3 Å². The minimum absolute atomic E-state index is 0.152. The van der Waals surface area contributed by atoms with Crippen LogP contribution in [0, 0.1) is 46.3 Å². The van der Waals surface area contributed by atoms with Crippen LogP contribution in [0.15, 0.2) is 24.3 Å². The molecule has 32 heavy (non-hydrogen) atoms. The Morgan fingerprint density at radius 3 is 2.50 bits per heavy atom. The highest BCUT2D eigenvalue weighted by molar-refractivity contribution is 5.32. The summed E-state index contributed by atoms with van der Waals surface area (Å²) in [6, 6.07) is 0. The van der Waals surface area contributed by atoms with Crippen LogP contribution < -0.4 is 0 Å². The van der Waals surface area contributed by atoms with Crippen LogP contribution in [-0.4, -0.2) is 21.9 Å². The molecule has 4 aliphatic rings. The van der Waals surface area contributed by atoms with E-state index in [1.807, 2.05) is 6.08 Å². The van der Waals surface area contributed by atoms with E-state index in [0.717, 1.165) is 37.0 Å². The lowest BCUT2D eigenvalue weighted by molar-refractivity contribution is -0.139. The predicted molar refractivity (Wildman–Crippen MR) is 134 cm³/mol. The Hall–Kier alpha value is -0.600. The van der Waals surface area contributed by atoms with Crippen molar-refractivity contribution in [2.45, 2.75) is 117 Å². The second-order valence-corrected chi connectivity index (χ2v) is 13.2. The van der Waals surface area contributed by atoms with Crippen molar-refractivity contribution >= 4 is 0 Å². The Balaban J connectivity index is 1.64. The molecule has 0 spiro atoms. The van der Waals surface area contributed by atoms with E-state index in [1.54, 1.807) is 0 Å². The highest BCUT2D eigenvalue weighted by atomic mass is 16.3. The smallest absolute Gasteiger partial charge is 0.0898 e. The van der Waals surface area contributed by atoms with Gasteiger partial charge in [-0.1, -0.05) is 71.6 Å². The first kappa shape index (κ1) is 24.5. The maximum Gasteiger partial charge on any atom is 0.0898 e. The van der Waals surface area contributed by atoms with Gasteiger partial charge in [-0.15, -0.1) is 6.58 Å². The summed E-state index contributed by atoms with van der Waals surface area (Å²) in [4.78, 5) is 0. The molecule has 0 aromatic carbocycles. The van der Waals surface area contributed by atoms with Gasteiger partial charge in [0.15, 0.2) is 0 Å². The highest BCUT2D eigenvalue weighted by Crippen LogP contribution is 2.69. The molecule has 0 aromatic heterocycles. The lowest BCUT2D eigenvalue weighted by Gasteiger charge is -2.62. The third-order valence-corrected chi connectivity index (χ3v) is 10.9. The molecule has 0 aromatic rings. The van der Waals surface area contributed by atoms with Gasteiger partial charge < -0.3 is 10.2 Å². The van der Waals surface area contributed by atoms with Crippen LogP contribution in [0.4, 0.5) is 0 Å². The van der Waals surface area contributed by atoms with Gasteiger partial charge >= 0.3 is 0 Å². The number of aliphatic hydroxyl groups excluding tert-OH is 1. The van der Waals surface area contributed by atoms with Crippen molar-refractivity contribution in [2.75, 3.05) is 0 Å². The number of rotatable bonds is 7. The molecule has 2 heteroatoms. The fraction of sp³-hybridized carbons (Fsp3) is 0.867. The summed E-state index contributed by atoms with van der Waals surface area (Å²) < 4.78 is 0. The average molecular weight is 443 g/mol. The van der Waals surface area contributed by atoms with Crippen molar-refractivity contribution in [1.82, 2.24) is 0 Å². The molecule has 3 saturated carbocycles. The third-order valence-electron chi connectivity index (χ3n) is 10.9. The number of fused-ring (bicyclic) bond motifs is 5. The molecular formula is C30H50O2. The van der Waals surface area contributed by atoms with Crippen LogP contribution in [0.5, 0.6) is 0 Å². The molecule has 0 bridgehead atoms. The topological polar surface area (TPSA) is 40.5 Å². The summed E-state index contributed by atoms with van der Waals surface area (Å²) in [5, 5.41) is 22.6. The van der Waals surface area contributed by atoms with Gasteiger partial charge in [0.25, 0.3) is 0 Å². The van der Waals surface area contributed by atoms with E-state index in [4.69, 9.17) is 0 Å². The molecule has 9 atom stereocenters. The highest BCUT2D eigenvalue weighted by Gasteiger charge is 2.64. The van der Waals surface area contributed by atoms with Gasteiger partial charge in [0.2, 0.25) is 0 Å². The Labute approximate surface area is 198 Å². The third kappa shape index (κ3) is 3.96. The van der Waals surface area contributed by atoms with Crippen LogP contribution >= 0.6 is 0 Å². The Bertz CT molecular complexity index is 724. The van der Waals surface area contributed by atoms with Crippen molar-refractivity contribution < 1.29 is 10.2 Å². The van der Waals surface area contributed by atoms with Gasteiger partial charge in [-0.3, -0.25) is 0 Å². The maximum absolute atomic E-state index is 12.2. The molecular weight excluding hydrogens is 392 g/mol. The largest absolute Gasteiger partial charge is 0.393 e. The molecule has 2 N–H and O–H groups in total. The minimum atomic E-state index is -0.791. The van der Waals surface area contributed by atoms with Crippen molar-refractivity contribution in [3.8, 4) is 0 Å². The molecule has 0 amide bonds. The van der Waals surface area contributed by atoms with Gasteiger partial charge in [-0.2, -0.15) is 0 Å². The van der Waals surface area contributed by atoms with Gasteiger partial charge in [0.1, 0.15) is 0 Å². The summed E-state index contributed by atoms with van der Waals surface area (Å²) in [7, 11) is 0. The number of hydrogen-bond donors (Lipinski definition) is 2. The normalized spacial score (nSPS) is 46.8. The van der Waals surface area contributed by atoms with Crippen LogP contribution in [-0.2, 0) is 0 Å². The van der Waals surface area contributed by atoms with Gasteiger partial charge in [0.05, 0.1) is 11.7 Å². The van der Waals surface area contributed by atoms with E-state index < -0.39 is 5.60 Å². The Morgan fingerprint density at radius 1 is 1.06 bits per heavy atom. The maximum atomic E-state index is 12.2. The van der Waals surface area contributed by atoms with Crippen LogP contribution in [0.3, 0.4) is 0 Å². The Morgan fingerprint density at radius 2 is 1.81 bits per heavy atom. The second kappa shape index (κ2) is 8.88. The zero-order valence-electron chi connectivity index (χ0n) is 21.6. The van der Waals surface area contributed by atoms with Crippen molar-refractivity contribution in [1.29, 1.82) is 0 Å². The summed E-state index contributed by atoms with van der Waals surface area (Å²) >= 11 is 0. The molecule has 3 fully saturated rings. The van der Waals surface area contributed by atoms with E-state index >= 15 is 0 Å². The van der Waals surface area contributed by atoms with E-state index in [0.29, 0.717) is 29.6 Å². The number of aliphatic hydroxyl groups is 2. The van der Waals surface area contributed by atoms with Crippen molar-refractivity contribution in [3.05, 3.63) is 24.3 Å². The number of hydrogen-bond acceptors (Lipinski definition) is 2. The quantitative estimate of drug-likeness (QED) is 0.406. The summed E-state index contributed by atoms with van der Waals surface area (Å²) in [5.41, 5.74) is 1.05. The average Bonchev–Trinajstić information content (AvgIpc) is 3.06. The summed E-state index contributed by atoms with van der Waals surface area (Å²) in [6.45, 7) is 16.3. The lowest BCUT2D eigenvalue weighted by Crippen LogP contribution is -2.59. The molecule has 0 heterocycles. The van der Waals surface area contributed by atoms with Gasteiger partial charge in [-0.05, 0) is 97.7 Å². The first-order valence-electron chi connectivity index (χ1n) is 13.8. The first-order valence-corrected chi connectivity index (χ1v) is 13.8. The zero-order valence-corrected chi connectivity index (χ0v) is 21.6. The first-order chi connectivity index (χ1) is 15.0. The van der Waals surface area contributed by atoms with Crippen LogP contribution in [0.25, 0.3) is 0 Å². The zero-order chi connectivity index (χ0) is 23.3. The second-order valence-electron chi connectivity index (χ2n) is 13.2. The standard InChI is InChI=1S/C30H50O2/c1-7-15-30(32)19-22-18-23(31)13-16-28(22,5)26-14-17-29(6)24(11-12-25(29)27(26)30)21(4)10-8-9-20(2)3/h7,19-21,23-27,31-32H,1,8-18H2,2-6H3/t21-,23?,24-,25+,26+,27+,28+,29-,30?/m1/s1. The molecule has 4 rings (SSSR count). The van der Waals surface area contributed by atoms with Gasteiger partial charge in [-0.25, -0.2) is 0 Å². The predicted octanol–water partition coefficient (Wildman–Crippen LogP) is 7.31. The fourth-order valence-electron chi connectivity index (χ4n) is 9.26. The molecule has 4 aliphatic carbocycles. The molecule has 2 nitrogen and oxygen atoms in total. The molecule has 0 saturated heterocycles. The van der Waals surface area contributed by atoms with Crippen LogP contribution in [0.2, 0.25) is 0 Å².